The molecule has 0 aliphatic heterocycles. The van der Waals surface area contributed by atoms with Crippen LogP contribution in [0.2, 0.25) is 0 Å². The summed E-state index contributed by atoms with van der Waals surface area (Å²) in [6.45, 7) is 0.488. The number of nitro benzene ring substituents is 1. The lowest BCUT2D eigenvalue weighted by atomic mass is 9.87. The summed E-state index contributed by atoms with van der Waals surface area (Å²) in [6.07, 6.45) is -2.04. The van der Waals surface area contributed by atoms with Gasteiger partial charge >= 0.3 is 6.18 Å². The second kappa shape index (κ2) is 6.51. The van der Waals surface area contributed by atoms with Crippen LogP contribution in [-0.4, -0.2) is 22.7 Å². The fraction of sp³-hybridized carbons (Fsp3) is 0.571. The highest BCUT2D eigenvalue weighted by Crippen LogP contribution is 2.37. The highest BCUT2D eigenvalue weighted by atomic mass is 19.4. The second-order valence-corrected chi connectivity index (χ2v) is 5.54. The van der Waals surface area contributed by atoms with Gasteiger partial charge in [0.05, 0.1) is 11.0 Å². The molecule has 0 atom stereocenters. The van der Waals surface area contributed by atoms with Gasteiger partial charge in [0.2, 0.25) is 0 Å². The van der Waals surface area contributed by atoms with Crippen LogP contribution >= 0.6 is 0 Å². The van der Waals surface area contributed by atoms with Gasteiger partial charge in [0, 0.05) is 18.3 Å². The smallest absolute Gasteiger partial charge is 0.393 e. The number of alkyl halides is 3. The molecule has 2 rings (SSSR count). The number of nitrogens with one attached hydrogen (secondary N) is 1. The molecule has 0 aromatic heterocycles. The van der Waals surface area contributed by atoms with E-state index in [1.807, 2.05) is 0 Å². The summed E-state index contributed by atoms with van der Waals surface area (Å²) in [4.78, 5) is 9.64. The molecule has 1 aliphatic carbocycles. The maximum atomic E-state index is 12.9. The van der Waals surface area contributed by atoms with Gasteiger partial charge in [0.15, 0.2) is 0 Å². The summed E-state index contributed by atoms with van der Waals surface area (Å²) in [5.41, 5.74) is -1.98. The van der Waals surface area contributed by atoms with Crippen molar-refractivity contribution in [1.29, 1.82) is 0 Å². The van der Waals surface area contributed by atoms with E-state index in [1.54, 1.807) is 0 Å². The Morgan fingerprint density at radius 3 is 2.45 bits per heavy atom. The maximum Gasteiger partial charge on any atom is 0.423 e. The number of nitrogens with zero attached hydrogens (tertiary/aromatic N) is 1. The number of aliphatic hydroxyl groups is 1. The Morgan fingerprint density at radius 2 is 1.91 bits per heavy atom. The summed E-state index contributed by atoms with van der Waals surface area (Å²) in [5, 5.41) is 23.0. The molecular formula is C14H17F3N2O3. The third-order valence-corrected chi connectivity index (χ3v) is 3.91. The maximum absolute atomic E-state index is 12.9. The van der Waals surface area contributed by atoms with Crippen LogP contribution in [0.3, 0.4) is 0 Å². The quantitative estimate of drug-likeness (QED) is 0.657. The molecule has 1 saturated carbocycles. The molecule has 0 radical (unpaired) electrons. The number of hydrogen-bond donors (Lipinski definition) is 2. The van der Waals surface area contributed by atoms with Crippen molar-refractivity contribution in [2.45, 2.75) is 38.0 Å². The molecule has 0 bridgehead atoms. The average molecular weight is 318 g/mol. The lowest BCUT2D eigenvalue weighted by Gasteiger charge is -2.25. The Balaban J connectivity index is 2.07. The van der Waals surface area contributed by atoms with Gasteiger partial charge in [0.25, 0.3) is 5.69 Å². The number of halogens is 3. The summed E-state index contributed by atoms with van der Waals surface area (Å²) >= 11 is 0. The fourth-order valence-electron chi connectivity index (χ4n) is 2.64. The zero-order valence-corrected chi connectivity index (χ0v) is 11.8. The van der Waals surface area contributed by atoms with Crippen LogP contribution in [0.1, 0.15) is 31.2 Å². The van der Waals surface area contributed by atoms with E-state index >= 15 is 0 Å². The van der Waals surface area contributed by atoms with E-state index in [0.717, 1.165) is 25.0 Å². The van der Waals surface area contributed by atoms with E-state index in [2.05, 4.69) is 5.32 Å². The monoisotopic (exact) mass is 318 g/mol. The van der Waals surface area contributed by atoms with Gasteiger partial charge in [-0.1, -0.05) is 0 Å². The highest BCUT2D eigenvalue weighted by Gasteiger charge is 2.38. The molecule has 2 N–H and O–H groups in total. The number of nitro groups is 1. The van der Waals surface area contributed by atoms with Crippen LogP contribution in [0.25, 0.3) is 0 Å². The van der Waals surface area contributed by atoms with Gasteiger partial charge in [-0.05, 0) is 43.7 Å². The molecule has 0 amide bonds. The molecule has 22 heavy (non-hydrogen) atoms. The van der Waals surface area contributed by atoms with Gasteiger partial charge in [-0.25, -0.2) is 0 Å². The van der Waals surface area contributed by atoms with E-state index < -0.39 is 22.4 Å². The molecule has 1 aromatic carbocycles. The summed E-state index contributed by atoms with van der Waals surface area (Å²) in [6, 6.07) is 2.93. The number of rotatable bonds is 4. The highest BCUT2D eigenvalue weighted by molar-refractivity contribution is 5.55. The minimum absolute atomic E-state index is 0.212. The van der Waals surface area contributed by atoms with Crippen molar-refractivity contribution in [2.24, 2.45) is 5.92 Å². The first-order valence-corrected chi connectivity index (χ1v) is 7.05. The standard InChI is InChI=1S/C14H17F3N2O3/c15-14(16,17)12-7-10(3-6-13(12)19(21)22)18-8-9-1-4-11(20)5-2-9/h3,6-7,9,11,18,20H,1-2,4-5,8H2. The van der Waals surface area contributed by atoms with E-state index in [1.165, 1.54) is 6.07 Å². The van der Waals surface area contributed by atoms with Crippen LogP contribution < -0.4 is 5.32 Å². The van der Waals surface area contributed by atoms with Crippen LogP contribution in [0.4, 0.5) is 24.5 Å². The molecule has 0 heterocycles. The summed E-state index contributed by atoms with van der Waals surface area (Å²) in [7, 11) is 0. The first-order valence-electron chi connectivity index (χ1n) is 7.05. The third kappa shape index (κ3) is 4.09. The SMILES string of the molecule is O=[N+]([O-])c1ccc(NCC2CCC(O)CC2)cc1C(F)(F)F. The van der Waals surface area contributed by atoms with Crippen LogP contribution in [0, 0.1) is 16.0 Å². The third-order valence-electron chi connectivity index (χ3n) is 3.91. The van der Waals surface area contributed by atoms with Gasteiger partial charge in [-0.3, -0.25) is 10.1 Å². The number of hydrogen-bond acceptors (Lipinski definition) is 4. The topological polar surface area (TPSA) is 75.4 Å². The Kier molecular flexibility index (Phi) is 4.90. The fourth-order valence-corrected chi connectivity index (χ4v) is 2.64. The Morgan fingerprint density at radius 1 is 1.27 bits per heavy atom. The molecule has 0 spiro atoms. The van der Waals surface area contributed by atoms with Crippen molar-refractivity contribution in [3.8, 4) is 0 Å². The van der Waals surface area contributed by atoms with E-state index in [4.69, 9.17) is 0 Å². The molecule has 1 fully saturated rings. The summed E-state index contributed by atoms with van der Waals surface area (Å²) < 4.78 is 38.6. The molecule has 0 saturated heterocycles. The minimum Gasteiger partial charge on any atom is -0.393 e. The molecule has 0 unspecified atom stereocenters. The molecule has 1 aromatic rings. The number of aliphatic hydroxyl groups excluding tert-OH is 1. The number of anilines is 1. The molecule has 8 heteroatoms. The van der Waals surface area contributed by atoms with Crippen molar-refractivity contribution >= 4 is 11.4 Å². The van der Waals surface area contributed by atoms with Gasteiger partial charge in [0.1, 0.15) is 5.56 Å². The molecule has 122 valence electrons. The van der Waals surface area contributed by atoms with Gasteiger partial charge < -0.3 is 10.4 Å². The van der Waals surface area contributed by atoms with Crippen molar-refractivity contribution in [3.63, 3.8) is 0 Å². The van der Waals surface area contributed by atoms with Crippen molar-refractivity contribution in [3.05, 3.63) is 33.9 Å². The lowest BCUT2D eigenvalue weighted by molar-refractivity contribution is -0.388. The van der Waals surface area contributed by atoms with E-state index in [9.17, 15) is 28.4 Å². The van der Waals surface area contributed by atoms with E-state index in [-0.39, 0.29) is 17.7 Å². The van der Waals surface area contributed by atoms with E-state index in [0.29, 0.717) is 19.4 Å². The van der Waals surface area contributed by atoms with Crippen LogP contribution in [-0.2, 0) is 6.18 Å². The van der Waals surface area contributed by atoms with Gasteiger partial charge in [-0.15, -0.1) is 0 Å². The predicted octanol–water partition coefficient (Wildman–Crippen LogP) is 3.58. The average Bonchev–Trinajstić information content (AvgIpc) is 2.45. The van der Waals surface area contributed by atoms with Crippen molar-refractivity contribution in [1.82, 2.24) is 0 Å². The minimum atomic E-state index is -4.77. The van der Waals surface area contributed by atoms with Crippen LogP contribution in [0.15, 0.2) is 18.2 Å². The molecular weight excluding hydrogens is 301 g/mol. The van der Waals surface area contributed by atoms with Crippen molar-refractivity contribution < 1.29 is 23.2 Å². The van der Waals surface area contributed by atoms with Crippen LogP contribution in [0.5, 0.6) is 0 Å². The first-order chi connectivity index (χ1) is 10.3. The predicted molar refractivity (Wildman–Crippen MR) is 74.6 cm³/mol. The Bertz CT molecular complexity index is 541. The Hall–Kier alpha value is -1.83. The zero-order valence-electron chi connectivity index (χ0n) is 11.8. The molecule has 5 nitrogen and oxygen atoms in total. The number of benzene rings is 1. The van der Waals surface area contributed by atoms with Gasteiger partial charge in [-0.2, -0.15) is 13.2 Å². The molecule has 1 aliphatic rings. The normalized spacial score (nSPS) is 22.4. The van der Waals surface area contributed by atoms with Crippen molar-refractivity contribution in [2.75, 3.05) is 11.9 Å². The second-order valence-electron chi connectivity index (χ2n) is 5.54. The first kappa shape index (κ1) is 16.5. The Labute approximate surface area is 125 Å². The zero-order chi connectivity index (χ0) is 16.3. The lowest BCUT2D eigenvalue weighted by Crippen LogP contribution is -2.23. The largest absolute Gasteiger partial charge is 0.423 e. The summed E-state index contributed by atoms with van der Waals surface area (Å²) in [5.74, 6) is 0.285.